The van der Waals surface area contributed by atoms with Crippen molar-refractivity contribution in [3.8, 4) is 0 Å². The highest BCUT2D eigenvalue weighted by Gasteiger charge is 2.37. The van der Waals surface area contributed by atoms with Crippen molar-refractivity contribution in [2.45, 2.75) is 31.9 Å². The zero-order chi connectivity index (χ0) is 24.0. The number of halogens is 4. The van der Waals surface area contributed by atoms with Gasteiger partial charge in [0.15, 0.2) is 0 Å². The van der Waals surface area contributed by atoms with Crippen LogP contribution < -0.4 is 5.73 Å². The Bertz CT molecular complexity index is 989. The van der Waals surface area contributed by atoms with Crippen LogP contribution in [-0.4, -0.2) is 59.3 Å². The number of carbonyl (C=O) groups excluding carboxylic acids is 2. The summed E-state index contributed by atoms with van der Waals surface area (Å²) < 4.78 is 53.2. The highest BCUT2D eigenvalue weighted by atomic mass is 19.4. The third kappa shape index (κ3) is 6.50. The van der Waals surface area contributed by atoms with Gasteiger partial charge in [0.05, 0.1) is 22.4 Å². The molecule has 178 valence electrons. The molecule has 1 saturated heterocycles. The molecule has 0 aliphatic carbocycles. The molecule has 10 heteroatoms. The summed E-state index contributed by atoms with van der Waals surface area (Å²) in [6.45, 7) is 2.43. The van der Waals surface area contributed by atoms with Gasteiger partial charge >= 0.3 is 6.18 Å². The second-order valence-corrected chi connectivity index (χ2v) is 7.99. The second kappa shape index (κ2) is 10.7. The highest BCUT2D eigenvalue weighted by molar-refractivity contribution is 5.96. The molecule has 1 aromatic heterocycles. The van der Waals surface area contributed by atoms with Crippen LogP contribution in [0.2, 0.25) is 0 Å². The highest BCUT2D eigenvalue weighted by Crippen LogP contribution is 2.33. The first-order valence-corrected chi connectivity index (χ1v) is 10.8. The SMILES string of the molecule is NC(=O)c1cccnc1CCCCCN1CCN(C(=O)c2cc(F)ccc2C(F)(F)F)CC1. The number of primary amides is 1. The fourth-order valence-electron chi connectivity index (χ4n) is 3.95. The third-order valence-corrected chi connectivity index (χ3v) is 5.72. The number of nitrogens with zero attached hydrogens (tertiary/aromatic N) is 3. The first-order valence-electron chi connectivity index (χ1n) is 10.8. The molecule has 2 N–H and O–H groups in total. The van der Waals surface area contributed by atoms with Crippen molar-refractivity contribution >= 4 is 11.8 Å². The minimum atomic E-state index is -4.73. The number of aryl methyl sites for hydroxylation is 1. The van der Waals surface area contributed by atoms with Crippen LogP contribution in [0.3, 0.4) is 0 Å². The van der Waals surface area contributed by atoms with Gasteiger partial charge in [0.25, 0.3) is 11.8 Å². The molecule has 6 nitrogen and oxygen atoms in total. The van der Waals surface area contributed by atoms with Crippen molar-refractivity contribution in [2.75, 3.05) is 32.7 Å². The number of hydrogen-bond donors (Lipinski definition) is 1. The second-order valence-electron chi connectivity index (χ2n) is 7.99. The van der Waals surface area contributed by atoms with Gasteiger partial charge in [-0.05, 0) is 56.1 Å². The zero-order valence-corrected chi connectivity index (χ0v) is 18.1. The summed E-state index contributed by atoms with van der Waals surface area (Å²) in [5, 5.41) is 0. The molecule has 1 aliphatic heterocycles. The largest absolute Gasteiger partial charge is 0.417 e. The molecule has 2 amide bonds. The number of alkyl halides is 3. The average molecular weight is 466 g/mol. The van der Waals surface area contributed by atoms with E-state index in [2.05, 4.69) is 9.88 Å². The van der Waals surface area contributed by atoms with Crippen LogP contribution in [0.1, 0.15) is 51.2 Å². The molecule has 0 bridgehead atoms. The smallest absolute Gasteiger partial charge is 0.366 e. The Morgan fingerprint density at radius 2 is 1.73 bits per heavy atom. The molecule has 0 radical (unpaired) electrons. The fourth-order valence-corrected chi connectivity index (χ4v) is 3.95. The Labute approximate surface area is 189 Å². The molecular formula is C23H26F4N4O2. The van der Waals surface area contributed by atoms with Crippen molar-refractivity contribution < 1.29 is 27.2 Å². The Morgan fingerprint density at radius 3 is 2.39 bits per heavy atom. The van der Waals surface area contributed by atoms with E-state index < -0.39 is 34.9 Å². The van der Waals surface area contributed by atoms with E-state index in [9.17, 15) is 27.2 Å². The predicted molar refractivity (Wildman–Crippen MR) is 114 cm³/mol. The minimum Gasteiger partial charge on any atom is -0.366 e. The predicted octanol–water partition coefficient (Wildman–Crippen LogP) is 3.51. The van der Waals surface area contributed by atoms with E-state index in [0.717, 1.165) is 25.8 Å². The lowest BCUT2D eigenvalue weighted by molar-refractivity contribution is -0.138. The number of rotatable bonds is 8. The number of benzene rings is 1. The molecule has 2 heterocycles. The average Bonchev–Trinajstić information content (AvgIpc) is 2.78. The van der Waals surface area contributed by atoms with E-state index in [0.29, 0.717) is 49.0 Å². The van der Waals surface area contributed by atoms with Gasteiger partial charge in [-0.2, -0.15) is 13.2 Å². The molecule has 2 aromatic rings. The molecule has 0 saturated carbocycles. The van der Waals surface area contributed by atoms with Crippen molar-refractivity contribution in [3.63, 3.8) is 0 Å². The van der Waals surface area contributed by atoms with Gasteiger partial charge in [0.1, 0.15) is 5.82 Å². The van der Waals surface area contributed by atoms with Crippen molar-refractivity contribution in [1.29, 1.82) is 0 Å². The molecule has 0 spiro atoms. The molecule has 3 rings (SSSR count). The summed E-state index contributed by atoms with van der Waals surface area (Å²) in [5.41, 5.74) is 4.71. The third-order valence-electron chi connectivity index (χ3n) is 5.72. The number of hydrogen-bond acceptors (Lipinski definition) is 4. The van der Waals surface area contributed by atoms with E-state index in [4.69, 9.17) is 5.73 Å². The van der Waals surface area contributed by atoms with Crippen LogP contribution in [0, 0.1) is 5.82 Å². The van der Waals surface area contributed by atoms with Crippen LogP contribution >= 0.6 is 0 Å². The van der Waals surface area contributed by atoms with Crippen LogP contribution in [-0.2, 0) is 12.6 Å². The van der Waals surface area contributed by atoms with E-state index in [1.54, 1.807) is 18.3 Å². The van der Waals surface area contributed by atoms with Crippen molar-refractivity contribution in [3.05, 3.63) is 64.7 Å². The van der Waals surface area contributed by atoms with Gasteiger partial charge in [-0.1, -0.05) is 6.42 Å². The number of piperazine rings is 1. The van der Waals surface area contributed by atoms with Gasteiger partial charge < -0.3 is 10.6 Å². The molecule has 1 aliphatic rings. The van der Waals surface area contributed by atoms with Crippen LogP contribution in [0.25, 0.3) is 0 Å². The summed E-state index contributed by atoms with van der Waals surface area (Å²) in [7, 11) is 0. The fraction of sp³-hybridized carbons (Fsp3) is 0.435. The minimum absolute atomic E-state index is 0.280. The summed E-state index contributed by atoms with van der Waals surface area (Å²) in [6, 6.07) is 5.30. The van der Waals surface area contributed by atoms with Crippen LogP contribution in [0.4, 0.5) is 17.6 Å². The number of carbonyl (C=O) groups is 2. The maximum Gasteiger partial charge on any atom is 0.417 e. The van der Waals surface area contributed by atoms with Crippen LogP contribution in [0.5, 0.6) is 0 Å². The molecule has 33 heavy (non-hydrogen) atoms. The maximum atomic E-state index is 13.5. The first kappa shape index (κ1) is 24.6. The zero-order valence-electron chi connectivity index (χ0n) is 18.1. The van der Waals surface area contributed by atoms with Crippen molar-refractivity contribution in [2.24, 2.45) is 5.73 Å². The number of amides is 2. The Morgan fingerprint density at radius 1 is 1.00 bits per heavy atom. The Hall–Kier alpha value is -3.01. The lowest BCUT2D eigenvalue weighted by Crippen LogP contribution is -2.49. The van der Waals surface area contributed by atoms with E-state index >= 15 is 0 Å². The van der Waals surface area contributed by atoms with E-state index in [-0.39, 0.29) is 13.1 Å². The Kier molecular flexibility index (Phi) is 8.01. The van der Waals surface area contributed by atoms with E-state index in [1.165, 1.54) is 4.90 Å². The molecule has 0 atom stereocenters. The summed E-state index contributed by atoms with van der Waals surface area (Å²) in [5.74, 6) is -2.17. The molecule has 0 unspecified atom stereocenters. The molecule has 1 aromatic carbocycles. The summed E-state index contributed by atoms with van der Waals surface area (Å²) in [6.07, 6.45) is 0.199. The standard InChI is InChI=1S/C23H26F4N4O2/c24-16-7-8-19(23(25,26)27)18(15-16)22(33)31-13-11-30(12-14-31)10-3-1-2-6-20-17(21(28)32)5-4-9-29-20/h4-5,7-9,15H,1-3,6,10-14H2,(H2,28,32). The van der Waals surface area contributed by atoms with Gasteiger partial charge in [-0.15, -0.1) is 0 Å². The molecule has 1 fully saturated rings. The lowest BCUT2D eigenvalue weighted by atomic mass is 10.0. The van der Waals surface area contributed by atoms with Gasteiger partial charge in [0.2, 0.25) is 0 Å². The quantitative estimate of drug-likeness (QED) is 0.477. The molecular weight excluding hydrogens is 440 g/mol. The van der Waals surface area contributed by atoms with Gasteiger partial charge in [0, 0.05) is 32.4 Å². The number of aromatic nitrogens is 1. The van der Waals surface area contributed by atoms with E-state index in [1.807, 2.05) is 0 Å². The van der Waals surface area contributed by atoms with Crippen molar-refractivity contribution in [1.82, 2.24) is 14.8 Å². The maximum absolute atomic E-state index is 13.5. The monoisotopic (exact) mass is 466 g/mol. The number of pyridine rings is 1. The summed E-state index contributed by atoms with van der Waals surface area (Å²) in [4.78, 5) is 31.8. The first-order chi connectivity index (χ1) is 15.7. The lowest BCUT2D eigenvalue weighted by Gasteiger charge is -2.35. The normalized spacial score (nSPS) is 15.0. The topological polar surface area (TPSA) is 79.5 Å². The number of nitrogens with two attached hydrogens (primary N) is 1. The van der Waals surface area contributed by atoms with Gasteiger partial charge in [-0.25, -0.2) is 4.39 Å². The summed E-state index contributed by atoms with van der Waals surface area (Å²) >= 11 is 0. The Balaban J connectivity index is 1.44. The van der Waals surface area contributed by atoms with Crippen LogP contribution in [0.15, 0.2) is 36.5 Å². The number of unbranched alkanes of at least 4 members (excludes halogenated alkanes) is 2. The van der Waals surface area contributed by atoms with Gasteiger partial charge in [-0.3, -0.25) is 19.5 Å².